The first-order chi connectivity index (χ1) is 11.5. The molecule has 0 aliphatic carbocycles. The van der Waals surface area contributed by atoms with E-state index in [-0.39, 0.29) is 11.3 Å². The van der Waals surface area contributed by atoms with E-state index >= 15 is 0 Å². The number of hydrogen-bond donors (Lipinski definition) is 2. The van der Waals surface area contributed by atoms with E-state index in [2.05, 4.69) is 12.2 Å². The minimum absolute atomic E-state index is 0.0626. The van der Waals surface area contributed by atoms with Gasteiger partial charge in [0.2, 0.25) is 0 Å². The first-order valence-corrected chi connectivity index (χ1v) is 8.21. The van der Waals surface area contributed by atoms with Gasteiger partial charge in [-0.25, -0.2) is 0 Å². The van der Waals surface area contributed by atoms with Crippen molar-refractivity contribution in [2.24, 2.45) is 5.41 Å². The summed E-state index contributed by atoms with van der Waals surface area (Å²) >= 11 is 0. The molecule has 1 aliphatic heterocycles. The average molecular weight is 325 g/mol. The summed E-state index contributed by atoms with van der Waals surface area (Å²) in [5.41, 5.74) is 3.64. The molecule has 0 radical (unpaired) electrons. The molecule has 2 aromatic carbocycles. The van der Waals surface area contributed by atoms with Crippen molar-refractivity contribution in [3.05, 3.63) is 59.7 Å². The van der Waals surface area contributed by atoms with Gasteiger partial charge in [-0.15, -0.1) is 0 Å². The van der Waals surface area contributed by atoms with Crippen LogP contribution < -0.4 is 5.32 Å². The molecule has 1 atom stereocenters. The Hall–Kier alpha value is -2.17. The fraction of sp³-hybridized carbons (Fsp3) is 0.350. The summed E-state index contributed by atoms with van der Waals surface area (Å²) < 4.78 is 5.20. The molecular weight excluding hydrogens is 302 g/mol. The molecule has 126 valence electrons. The van der Waals surface area contributed by atoms with Crippen LogP contribution in [0.5, 0.6) is 0 Å². The third-order valence-corrected chi connectivity index (χ3v) is 4.43. The van der Waals surface area contributed by atoms with Crippen LogP contribution in [-0.2, 0) is 4.74 Å². The van der Waals surface area contributed by atoms with Gasteiger partial charge in [-0.05, 0) is 41.8 Å². The molecule has 0 saturated carbocycles. The number of hydrogen-bond acceptors (Lipinski definition) is 3. The van der Waals surface area contributed by atoms with Gasteiger partial charge in [0, 0.05) is 17.5 Å². The van der Waals surface area contributed by atoms with E-state index in [4.69, 9.17) is 4.74 Å². The lowest BCUT2D eigenvalue weighted by molar-refractivity contribution is -0.0978. The number of aliphatic hydroxyl groups excluding tert-OH is 1. The molecule has 1 saturated heterocycles. The molecular formula is C20H23NO3. The van der Waals surface area contributed by atoms with Gasteiger partial charge >= 0.3 is 0 Å². The van der Waals surface area contributed by atoms with E-state index < -0.39 is 6.10 Å². The number of rotatable bonds is 5. The highest BCUT2D eigenvalue weighted by Crippen LogP contribution is 2.26. The summed E-state index contributed by atoms with van der Waals surface area (Å²) in [4.78, 5) is 12.2. The van der Waals surface area contributed by atoms with Crippen molar-refractivity contribution in [3.63, 3.8) is 0 Å². The van der Waals surface area contributed by atoms with Crippen LogP contribution in [0.3, 0.4) is 0 Å². The van der Waals surface area contributed by atoms with Gasteiger partial charge in [0.25, 0.3) is 5.91 Å². The molecule has 3 rings (SSSR count). The predicted octanol–water partition coefficient (Wildman–Crippen LogP) is 3.17. The van der Waals surface area contributed by atoms with Crippen LogP contribution >= 0.6 is 0 Å². The SMILES string of the molecule is C[C@H](O)c1cccc(-c2ccc(C(=O)NCC3(C)COC3)cc2)c1. The second-order valence-corrected chi connectivity index (χ2v) is 6.86. The summed E-state index contributed by atoms with van der Waals surface area (Å²) in [6.07, 6.45) is -0.494. The summed E-state index contributed by atoms with van der Waals surface area (Å²) in [6, 6.07) is 15.3. The van der Waals surface area contributed by atoms with Gasteiger partial charge in [-0.2, -0.15) is 0 Å². The first-order valence-electron chi connectivity index (χ1n) is 8.21. The van der Waals surface area contributed by atoms with E-state index in [1.807, 2.05) is 48.5 Å². The summed E-state index contributed by atoms with van der Waals surface area (Å²) in [5.74, 6) is -0.0626. The van der Waals surface area contributed by atoms with Crippen molar-refractivity contribution in [2.45, 2.75) is 20.0 Å². The van der Waals surface area contributed by atoms with Crippen molar-refractivity contribution in [2.75, 3.05) is 19.8 Å². The molecule has 4 nitrogen and oxygen atoms in total. The van der Waals surface area contributed by atoms with Crippen LogP contribution in [0.2, 0.25) is 0 Å². The fourth-order valence-electron chi connectivity index (χ4n) is 2.74. The number of ether oxygens (including phenoxy) is 1. The Balaban J connectivity index is 1.68. The Bertz CT molecular complexity index is 718. The number of benzene rings is 2. The molecule has 1 amide bonds. The topological polar surface area (TPSA) is 58.6 Å². The standard InChI is InChI=1S/C20H23NO3/c1-14(22)17-4-3-5-18(10-17)15-6-8-16(9-7-15)19(23)21-11-20(2)12-24-13-20/h3-10,14,22H,11-13H2,1-2H3,(H,21,23)/t14-/m0/s1. The number of carbonyl (C=O) groups excluding carboxylic acids is 1. The van der Waals surface area contributed by atoms with Gasteiger partial charge in [-0.3, -0.25) is 4.79 Å². The molecule has 0 aromatic heterocycles. The lowest BCUT2D eigenvalue weighted by atomic mass is 9.88. The van der Waals surface area contributed by atoms with Crippen LogP contribution in [0.25, 0.3) is 11.1 Å². The summed E-state index contributed by atoms with van der Waals surface area (Å²) in [7, 11) is 0. The fourth-order valence-corrected chi connectivity index (χ4v) is 2.74. The Morgan fingerprint density at radius 3 is 2.50 bits per heavy atom. The molecule has 1 heterocycles. The highest BCUT2D eigenvalue weighted by Gasteiger charge is 2.33. The van der Waals surface area contributed by atoms with E-state index in [1.165, 1.54) is 0 Å². The van der Waals surface area contributed by atoms with Crippen molar-refractivity contribution in [1.82, 2.24) is 5.32 Å². The van der Waals surface area contributed by atoms with Gasteiger partial charge in [0.05, 0.1) is 19.3 Å². The third kappa shape index (κ3) is 3.66. The Kier molecular flexibility index (Phi) is 4.69. The Labute approximate surface area is 142 Å². The van der Waals surface area contributed by atoms with Crippen molar-refractivity contribution < 1.29 is 14.6 Å². The molecule has 2 aromatic rings. The smallest absolute Gasteiger partial charge is 0.251 e. The van der Waals surface area contributed by atoms with Gasteiger partial charge < -0.3 is 15.2 Å². The Morgan fingerprint density at radius 2 is 1.92 bits per heavy atom. The molecule has 0 bridgehead atoms. The quantitative estimate of drug-likeness (QED) is 0.888. The molecule has 1 fully saturated rings. The van der Waals surface area contributed by atoms with Crippen molar-refractivity contribution >= 4 is 5.91 Å². The van der Waals surface area contributed by atoms with Gasteiger partial charge in [-0.1, -0.05) is 37.3 Å². The summed E-state index contributed by atoms with van der Waals surface area (Å²) in [6.45, 7) is 5.89. The zero-order valence-corrected chi connectivity index (χ0v) is 14.1. The summed E-state index contributed by atoms with van der Waals surface area (Å²) in [5, 5.41) is 12.7. The van der Waals surface area contributed by atoms with Crippen LogP contribution in [0, 0.1) is 5.41 Å². The van der Waals surface area contributed by atoms with E-state index in [0.717, 1.165) is 16.7 Å². The lowest BCUT2D eigenvalue weighted by Crippen LogP contribution is -2.48. The number of amides is 1. The third-order valence-electron chi connectivity index (χ3n) is 4.43. The largest absolute Gasteiger partial charge is 0.389 e. The van der Waals surface area contributed by atoms with Crippen LogP contribution in [0.15, 0.2) is 48.5 Å². The molecule has 1 aliphatic rings. The lowest BCUT2D eigenvalue weighted by Gasteiger charge is -2.38. The first kappa shape index (κ1) is 16.7. The maximum Gasteiger partial charge on any atom is 0.251 e. The van der Waals surface area contributed by atoms with E-state index in [0.29, 0.717) is 25.3 Å². The van der Waals surface area contributed by atoms with Crippen LogP contribution in [0.1, 0.15) is 35.9 Å². The van der Waals surface area contributed by atoms with Gasteiger partial charge in [0.15, 0.2) is 0 Å². The number of carbonyl (C=O) groups is 1. The zero-order chi connectivity index (χ0) is 17.2. The van der Waals surface area contributed by atoms with Gasteiger partial charge in [0.1, 0.15) is 0 Å². The van der Waals surface area contributed by atoms with Crippen molar-refractivity contribution in [3.8, 4) is 11.1 Å². The highest BCUT2D eigenvalue weighted by molar-refractivity contribution is 5.94. The number of aliphatic hydroxyl groups is 1. The minimum atomic E-state index is -0.494. The molecule has 2 N–H and O–H groups in total. The Morgan fingerprint density at radius 1 is 1.21 bits per heavy atom. The number of nitrogens with one attached hydrogen (secondary N) is 1. The second kappa shape index (κ2) is 6.75. The zero-order valence-electron chi connectivity index (χ0n) is 14.1. The predicted molar refractivity (Wildman–Crippen MR) is 93.8 cm³/mol. The van der Waals surface area contributed by atoms with Crippen molar-refractivity contribution in [1.29, 1.82) is 0 Å². The second-order valence-electron chi connectivity index (χ2n) is 6.86. The molecule has 0 unspecified atom stereocenters. The van der Waals surface area contributed by atoms with E-state index in [1.54, 1.807) is 6.92 Å². The van der Waals surface area contributed by atoms with E-state index in [9.17, 15) is 9.90 Å². The van der Waals surface area contributed by atoms with Crippen LogP contribution in [0.4, 0.5) is 0 Å². The molecule has 24 heavy (non-hydrogen) atoms. The average Bonchev–Trinajstić information content (AvgIpc) is 2.58. The maximum absolute atomic E-state index is 12.2. The maximum atomic E-state index is 12.2. The minimum Gasteiger partial charge on any atom is -0.389 e. The normalized spacial score (nSPS) is 17.0. The van der Waals surface area contributed by atoms with Crippen LogP contribution in [-0.4, -0.2) is 30.8 Å². The molecule has 0 spiro atoms. The molecule has 4 heteroatoms. The highest BCUT2D eigenvalue weighted by atomic mass is 16.5. The monoisotopic (exact) mass is 325 g/mol.